The minimum Gasteiger partial charge on any atom is -0.481 e. The van der Waals surface area contributed by atoms with Crippen molar-refractivity contribution in [2.45, 2.75) is 13.0 Å². The average molecular weight is 426 g/mol. The topological polar surface area (TPSA) is 79.5 Å². The Bertz CT molecular complexity index is 1050. The van der Waals surface area contributed by atoms with Gasteiger partial charge in [-0.3, -0.25) is 25.8 Å². The Kier molecular flexibility index (Phi) is 6.94. The van der Waals surface area contributed by atoms with Gasteiger partial charge >= 0.3 is 0 Å². The molecule has 0 spiro atoms. The molecule has 0 saturated carbocycles. The molecule has 0 saturated heterocycles. The molecular formula is C21H19N3O3S2. The normalized spacial score (nSPS) is 11.8. The largest absolute Gasteiger partial charge is 0.481 e. The van der Waals surface area contributed by atoms with Gasteiger partial charge < -0.3 is 4.74 Å². The molecule has 3 rings (SSSR count). The molecule has 2 aromatic carbocycles. The van der Waals surface area contributed by atoms with Crippen LogP contribution in [0.5, 0.6) is 5.75 Å². The summed E-state index contributed by atoms with van der Waals surface area (Å²) < 4.78 is 5.68. The van der Waals surface area contributed by atoms with Gasteiger partial charge in [-0.15, -0.1) is 11.3 Å². The molecule has 1 unspecified atom stereocenters. The first-order chi connectivity index (χ1) is 14.0. The Labute approximate surface area is 177 Å². The Hall–Kier alpha value is -3.23. The highest BCUT2D eigenvalue weighted by atomic mass is 32.1. The summed E-state index contributed by atoms with van der Waals surface area (Å²) in [6.45, 7) is 1.62. The first kappa shape index (κ1) is 20.5. The molecule has 1 atom stereocenters. The van der Waals surface area contributed by atoms with Gasteiger partial charge in [-0.05, 0) is 59.6 Å². The van der Waals surface area contributed by atoms with E-state index in [1.807, 2.05) is 60.0 Å². The maximum absolute atomic E-state index is 12.2. The van der Waals surface area contributed by atoms with E-state index in [0.29, 0.717) is 5.75 Å². The van der Waals surface area contributed by atoms with Gasteiger partial charge in [0.05, 0.1) is 0 Å². The smallest absolute Gasteiger partial charge is 0.279 e. The maximum Gasteiger partial charge on any atom is 0.279 e. The summed E-state index contributed by atoms with van der Waals surface area (Å²) in [6, 6.07) is 17.3. The molecule has 0 bridgehead atoms. The number of benzene rings is 2. The fourth-order valence-electron chi connectivity index (χ4n) is 2.45. The second-order valence-electron chi connectivity index (χ2n) is 6.05. The zero-order valence-electron chi connectivity index (χ0n) is 15.5. The standard InChI is InChI=1S/C21H19N3O3S2/c1-14(27-17-9-8-15-5-2-3-6-16(15)13-17)20(26)23-24-21(28)22-19(25)11-10-18-7-4-12-29-18/h2-14H,1H3,(H,23,26)(H2,22,24,25,28). The third kappa shape index (κ3) is 6.13. The van der Waals surface area contributed by atoms with E-state index in [1.54, 1.807) is 13.0 Å². The molecule has 3 N–H and O–H groups in total. The van der Waals surface area contributed by atoms with Crippen LogP contribution < -0.4 is 20.9 Å². The van der Waals surface area contributed by atoms with Gasteiger partial charge in [0, 0.05) is 11.0 Å². The quantitative estimate of drug-likeness (QED) is 0.332. The van der Waals surface area contributed by atoms with Gasteiger partial charge in [0.2, 0.25) is 5.91 Å². The molecule has 148 valence electrons. The van der Waals surface area contributed by atoms with Crippen LogP contribution in [0, 0.1) is 0 Å². The lowest BCUT2D eigenvalue weighted by molar-refractivity contribution is -0.128. The molecule has 6 nitrogen and oxygen atoms in total. The number of carbonyl (C=O) groups is 2. The van der Waals surface area contributed by atoms with Crippen molar-refractivity contribution in [1.29, 1.82) is 0 Å². The Morgan fingerprint density at radius 1 is 1.07 bits per heavy atom. The number of fused-ring (bicyclic) bond motifs is 1. The minimum atomic E-state index is -0.763. The lowest BCUT2D eigenvalue weighted by Gasteiger charge is -2.16. The summed E-state index contributed by atoms with van der Waals surface area (Å²) in [5.74, 6) is -0.240. The fraction of sp³-hybridized carbons (Fsp3) is 0.0952. The van der Waals surface area contributed by atoms with Gasteiger partial charge in [-0.2, -0.15) is 0 Å². The number of hydrazine groups is 1. The molecule has 0 radical (unpaired) electrons. The predicted octanol–water partition coefficient (Wildman–Crippen LogP) is 3.40. The second kappa shape index (κ2) is 9.81. The number of carbonyl (C=O) groups excluding carboxylic acids is 2. The predicted molar refractivity (Wildman–Crippen MR) is 119 cm³/mol. The Balaban J connectivity index is 1.45. The van der Waals surface area contributed by atoms with Crippen molar-refractivity contribution >= 4 is 57.3 Å². The van der Waals surface area contributed by atoms with Crippen molar-refractivity contribution in [1.82, 2.24) is 16.2 Å². The zero-order valence-corrected chi connectivity index (χ0v) is 17.2. The van der Waals surface area contributed by atoms with Crippen LogP contribution in [0.15, 0.2) is 66.1 Å². The maximum atomic E-state index is 12.2. The Morgan fingerprint density at radius 3 is 2.62 bits per heavy atom. The number of hydrogen-bond donors (Lipinski definition) is 3. The number of rotatable bonds is 5. The molecule has 1 aromatic heterocycles. The summed E-state index contributed by atoms with van der Waals surface area (Å²) in [6.07, 6.45) is 2.29. The van der Waals surface area contributed by atoms with Crippen molar-refractivity contribution in [3.8, 4) is 5.75 Å². The van der Waals surface area contributed by atoms with Crippen LogP contribution in [0.2, 0.25) is 0 Å². The molecule has 29 heavy (non-hydrogen) atoms. The van der Waals surface area contributed by atoms with Crippen LogP contribution in [0.4, 0.5) is 0 Å². The van der Waals surface area contributed by atoms with Crippen molar-refractivity contribution in [2.75, 3.05) is 0 Å². The summed E-state index contributed by atoms with van der Waals surface area (Å²) in [7, 11) is 0. The lowest BCUT2D eigenvalue weighted by Crippen LogP contribution is -2.51. The highest BCUT2D eigenvalue weighted by molar-refractivity contribution is 7.80. The van der Waals surface area contributed by atoms with E-state index in [-0.39, 0.29) is 5.11 Å². The van der Waals surface area contributed by atoms with Crippen molar-refractivity contribution in [3.63, 3.8) is 0 Å². The number of thiocarbonyl (C=S) groups is 1. The van der Waals surface area contributed by atoms with E-state index in [4.69, 9.17) is 17.0 Å². The fourth-order valence-corrected chi connectivity index (χ4v) is 3.22. The van der Waals surface area contributed by atoms with Crippen LogP contribution in [0.25, 0.3) is 16.8 Å². The molecule has 0 fully saturated rings. The van der Waals surface area contributed by atoms with E-state index in [0.717, 1.165) is 15.6 Å². The lowest BCUT2D eigenvalue weighted by atomic mass is 10.1. The van der Waals surface area contributed by atoms with Gasteiger partial charge in [-0.1, -0.05) is 36.4 Å². The average Bonchev–Trinajstić information content (AvgIpc) is 3.24. The van der Waals surface area contributed by atoms with E-state index in [9.17, 15) is 9.59 Å². The number of nitrogens with one attached hydrogen (secondary N) is 3. The van der Waals surface area contributed by atoms with Crippen LogP contribution in [0.3, 0.4) is 0 Å². The molecular weight excluding hydrogens is 406 g/mol. The molecule has 2 amide bonds. The first-order valence-corrected chi connectivity index (χ1v) is 10.1. The van der Waals surface area contributed by atoms with Crippen LogP contribution in [-0.4, -0.2) is 23.0 Å². The van der Waals surface area contributed by atoms with Crippen LogP contribution in [-0.2, 0) is 9.59 Å². The highest BCUT2D eigenvalue weighted by Gasteiger charge is 2.15. The van der Waals surface area contributed by atoms with E-state index in [2.05, 4.69) is 16.2 Å². The third-order valence-electron chi connectivity index (χ3n) is 3.88. The minimum absolute atomic E-state index is 0.0166. The van der Waals surface area contributed by atoms with Gasteiger partial charge in [0.25, 0.3) is 5.91 Å². The monoisotopic (exact) mass is 425 g/mol. The van der Waals surface area contributed by atoms with Crippen molar-refractivity contribution in [3.05, 3.63) is 70.9 Å². The molecule has 3 aromatic rings. The molecule has 0 aliphatic heterocycles. The van der Waals surface area contributed by atoms with Crippen LogP contribution >= 0.6 is 23.6 Å². The highest BCUT2D eigenvalue weighted by Crippen LogP contribution is 2.21. The first-order valence-electron chi connectivity index (χ1n) is 8.79. The summed E-state index contributed by atoms with van der Waals surface area (Å²) in [5, 5.41) is 6.46. The van der Waals surface area contributed by atoms with E-state index < -0.39 is 17.9 Å². The molecule has 1 heterocycles. The molecule has 0 aliphatic carbocycles. The summed E-state index contributed by atoms with van der Waals surface area (Å²) in [4.78, 5) is 25.0. The van der Waals surface area contributed by atoms with Crippen LogP contribution in [0.1, 0.15) is 11.8 Å². The Morgan fingerprint density at radius 2 is 1.86 bits per heavy atom. The number of hydrogen-bond acceptors (Lipinski definition) is 5. The van der Waals surface area contributed by atoms with E-state index >= 15 is 0 Å². The zero-order chi connectivity index (χ0) is 20.6. The molecule has 8 heteroatoms. The van der Waals surface area contributed by atoms with Gasteiger partial charge in [-0.25, -0.2) is 0 Å². The van der Waals surface area contributed by atoms with Gasteiger partial charge in [0.15, 0.2) is 11.2 Å². The number of thiophene rings is 1. The van der Waals surface area contributed by atoms with Crippen molar-refractivity contribution in [2.24, 2.45) is 0 Å². The summed E-state index contributed by atoms with van der Waals surface area (Å²) >= 11 is 6.52. The van der Waals surface area contributed by atoms with Crippen molar-refractivity contribution < 1.29 is 14.3 Å². The summed E-state index contributed by atoms with van der Waals surface area (Å²) in [5.41, 5.74) is 4.91. The number of ether oxygens (including phenoxy) is 1. The molecule has 0 aliphatic rings. The van der Waals surface area contributed by atoms with Gasteiger partial charge in [0.1, 0.15) is 5.75 Å². The number of amides is 2. The van der Waals surface area contributed by atoms with E-state index in [1.165, 1.54) is 17.4 Å². The third-order valence-corrected chi connectivity index (χ3v) is 4.92. The second-order valence-corrected chi connectivity index (χ2v) is 7.44. The SMILES string of the molecule is CC(Oc1ccc2ccccc2c1)C(=O)NNC(=S)NC(=O)C=Cc1cccs1.